The van der Waals surface area contributed by atoms with Crippen LogP contribution in [0.2, 0.25) is 0 Å². The lowest BCUT2D eigenvalue weighted by Gasteiger charge is -2.38. The molecule has 1 aliphatic heterocycles. The van der Waals surface area contributed by atoms with Crippen LogP contribution < -0.4 is 9.80 Å². The number of hydrogen-bond donors (Lipinski definition) is 1. The van der Waals surface area contributed by atoms with E-state index in [0.29, 0.717) is 22.0 Å². The standard InChI is InChI=1S/C36H44N2O6S/c1-24(2)42-36(41)44-35(28-13-9-6-10-14-28)43-34(40)32-30(23-31(45-32)26-11-7-5-8-12-26)38(29-19-21-37(4)22-20-29)33(39)27-17-15-25(3)16-18-27/h5-14,23-25,27,29,35H,15-22H2,1-4H3/p+1. The average Bonchev–Trinajstić information content (AvgIpc) is 3.48. The van der Waals surface area contributed by atoms with Crippen LogP contribution in [-0.2, 0) is 19.0 Å². The number of rotatable bonds is 9. The lowest BCUT2D eigenvalue weighted by molar-refractivity contribution is -0.884. The Morgan fingerprint density at radius 2 is 1.47 bits per heavy atom. The number of hydrogen-bond acceptors (Lipinski definition) is 7. The molecule has 2 aromatic carbocycles. The topological polar surface area (TPSA) is 86.6 Å². The highest BCUT2D eigenvalue weighted by atomic mass is 32.1. The van der Waals surface area contributed by atoms with Gasteiger partial charge >= 0.3 is 12.1 Å². The first kappa shape index (κ1) is 32.7. The Morgan fingerprint density at radius 3 is 2.09 bits per heavy atom. The molecule has 9 heteroatoms. The minimum atomic E-state index is -1.32. The maximum Gasteiger partial charge on any atom is 0.511 e. The van der Waals surface area contributed by atoms with E-state index in [0.717, 1.165) is 62.1 Å². The zero-order chi connectivity index (χ0) is 31.9. The molecule has 0 radical (unpaired) electrons. The number of amides is 1. The lowest BCUT2D eigenvalue weighted by Crippen LogP contribution is -3.10. The molecule has 1 unspecified atom stereocenters. The van der Waals surface area contributed by atoms with Crippen molar-refractivity contribution in [1.82, 2.24) is 0 Å². The van der Waals surface area contributed by atoms with Gasteiger partial charge < -0.3 is 24.0 Å². The van der Waals surface area contributed by atoms with Gasteiger partial charge in [-0.3, -0.25) is 4.79 Å². The molecular formula is C36H45N2O6S+. The summed E-state index contributed by atoms with van der Waals surface area (Å²) < 4.78 is 16.7. The first-order valence-corrected chi connectivity index (χ1v) is 17.0. The number of benzene rings is 2. The maximum atomic E-state index is 14.5. The number of carbonyl (C=O) groups is 3. The fraction of sp³-hybridized carbons (Fsp3) is 0.472. The molecule has 1 saturated carbocycles. The molecule has 0 spiro atoms. The smallest absolute Gasteiger partial charge is 0.431 e. The summed E-state index contributed by atoms with van der Waals surface area (Å²) in [4.78, 5) is 45.8. The molecule has 1 saturated heterocycles. The van der Waals surface area contributed by atoms with E-state index in [1.54, 1.807) is 38.1 Å². The van der Waals surface area contributed by atoms with Crippen molar-refractivity contribution in [1.29, 1.82) is 0 Å². The number of anilines is 1. The minimum Gasteiger partial charge on any atom is -0.431 e. The van der Waals surface area contributed by atoms with E-state index >= 15 is 0 Å². The van der Waals surface area contributed by atoms with Gasteiger partial charge in [-0.05, 0) is 57.1 Å². The third-order valence-corrected chi connectivity index (χ3v) is 9.97. The van der Waals surface area contributed by atoms with Gasteiger partial charge in [0.05, 0.1) is 31.9 Å². The molecule has 240 valence electrons. The normalized spacial score (nSPS) is 22.3. The molecule has 8 nitrogen and oxygen atoms in total. The molecule has 2 heterocycles. The molecule has 2 aliphatic rings. The number of likely N-dealkylation sites (tertiary alicyclic amines) is 1. The van der Waals surface area contributed by atoms with E-state index in [1.165, 1.54) is 16.2 Å². The summed E-state index contributed by atoms with van der Waals surface area (Å²) in [5, 5.41) is 0. The SMILES string of the molecule is CC1CCC(C(=O)N(c2cc(-c3ccccc3)sc2C(=O)OC(OC(=O)OC(C)C)c2ccccc2)C2CC[NH+](C)CC2)CC1. The number of thiophene rings is 1. The zero-order valence-electron chi connectivity index (χ0n) is 26.7. The monoisotopic (exact) mass is 633 g/mol. The van der Waals surface area contributed by atoms with Crippen molar-refractivity contribution >= 4 is 35.1 Å². The summed E-state index contributed by atoms with van der Waals surface area (Å²) in [6.07, 6.45) is 2.80. The lowest BCUT2D eigenvalue weighted by atomic mass is 9.82. The summed E-state index contributed by atoms with van der Waals surface area (Å²) in [6, 6.07) is 20.7. The van der Waals surface area contributed by atoms with Crippen LogP contribution in [0.3, 0.4) is 0 Å². The molecule has 45 heavy (non-hydrogen) atoms. The van der Waals surface area contributed by atoms with E-state index in [4.69, 9.17) is 14.2 Å². The Morgan fingerprint density at radius 1 is 0.844 bits per heavy atom. The van der Waals surface area contributed by atoms with Gasteiger partial charge in [0.15, 0.2) is 0 Å². The number of piperidine rings is 1. The van der Waals surface area contributed by atoms with Crippen LogP contribution in [0, 0.1) is 11.8 Å². The Hall–Kier alpha value is -3.69. The third-order valence-electron chi connectivity index (χ3n) is 8.81. The Labute approximate surface area is 270 Å². The predicted octanol–water partition coefficient (Wildman–Crippen LogP) is 6.67. The van der Waals surface area contributed by atoms with Gasteiger partial charge in [0.1, 0.15) is 4.88 Å². The Balaban J connectivity index is 1.54. The average molecular weight is 634 g/mol. The molecule has 1 aromatic heterocycles. The van der Waals surface area contributed by atoms with Gasteiger partial charge in [0, 0.05) is 35.2 Å². The summed E-state index contributed by atoms with van der Waals surface area (Å²) in [5.74, 6) is -0.0299. The van der Waals surface area contributed by atoms with E-state index < -0.39 is 24.5 Å². The van der Waals surface area contributed by atoms with Crippen LogP contribution in [0.1, 0.15) is 80.8 Å². The van der Waals surface area contributed by atoms with Gasteiger partial charge in [0.25, 0.3) is 6.29 Å². The summed E-state index contributed by atoms with van der Waals surface area (Å²) in [6.45, 7) is 7.59. The molecular weight excluding hydrogens is 588 g/mol. The number of nitrogens with zero attached hydrogens (tertiary/aromatic N) is 1. The van der Waals surface area contributed by atoms with Crippen molar-refractivity contribution in [3.63, 3.8) is 0 Å². The fourth-order valence-corrected chi connectivity index (χ4v) is 7.27. The maximum absolute atomic E-state index is 14.5. The van der Waals surface area contributed by atoms with Gasteiger partial charge in [-0.15, -0.1) is 11.3 Å². The number of ether oxygens (including phenoxy) is 3. The zero-order valence-corrected chi connectivity index (χ0v) is 27.5. The molecule has 1 N–H and O–H groups in total. The van der Waals surface area contributed by atoms with Crippen LogP contribution in [0.4, 0.5) is 10.5 Å². The molecule has 0 bridgehead atoms. The van der Waals surface area contributed by atoms with Crippen LogP contribution in [0.25, 0.3) is 10.4 Å². The van der Waals surface area contributed by atoms with Gasteiger partial charge in [0.2, 0.25) is 5.91 Å². The predicted molar refractivity (Wildman–Crippen MR) is 175 cm³/mol. The second-order valence-electron chi connectivity index (χ2n) is 12.7. The van der Waals surface area contributed by atoms with Gasteiger partial charge in [-0.1, -0.05) is 67.6 Å². The first-order chi connectivity index (χ1) is 21.7. The highest BCUT2D eigenvalue weighted by Crippen LogP contribution is 2.41. The van der Waals surface area contributed by atoms with Crippen LogP contribution in [0.5, 0.6) is 0 Å². The molecule has 1 amide bonds. The highest BCUT2D eigenvalue weighted by molar-refractivity contribution is 7.18. The van der Waals surface area contributed by atoms with Crippen molar-refractivity contribution in [2.45, 2.75) is 77.7 Å². The van der Waals surface area contributed by atoms with E-state index in [-0.39, 0.29) is 17.9 Å². The summed E-state index contributed by atoms with van der Waals surface area (Å²) in [7, 11) is 2.18. The van der Waals surface area contributed by atoms with E-state index in [9.17, 15) is 14.4 Å². The van der Waals surface area contributed by atoms with Crippen LogP contribution in [-0.4, -0.2) is 50.3 Å². The van der Waals surface area contributed by atoms with E-state index in [2.05, 4.69) is 14.0 Å². The van der Waals surface area contributed by atoms with Crippen molar-refractivity contribution in [2.75, 3.05) is 25.0 Å². The largest absolute Gasteiger partial charge is 0.511 e. The van der Waals surface area contributed by atoms with Gasteiger partial charge in [-0.25, -0.2) is 9.59 Å². The quantitative estimate of drug-likeness (QED) is 0.209. The fourth-order valence-electron chi connectivity index (χ4n) is 6.23. The van der Waals surface area contributed by atoms with Crippen LogP contribution >= 0.6 is 11.3 Å². The van der Waals surface area contributed by atoms with Crippen LogP contribution in [0.15, 0.2) is 66.7 Å². The minimum absolute atomic E-state index is 0.0208. The first-order valence-electron chi connectivity index (χ1n) is 16.2. The number of esters is 1. The van der Waals surface area contributed by atoms with Gasteiger partial charge in [-0.2, -0.15) is 0 Å². The second-order valence-corrected chi connectivity index (χ2v) is 13.8. The van der Waals surface area contributed by atoms with Crippen molar-refractivity contribution < 1.29 is 33.5 Å². The molecule has 1 aliphatic carbocycles. The highest BCUT2D eigenvalue weighted by Gasteiger charge is 2.38. The van der Waals surface area contributed by atoms with Crippen molar-refractivity contribution in [2.24, 2.45) is 11.8 Å². The number of nitrogens with one attached hydrogen (secondary N) is 1. The Bertz CT molecular complexity index is 1430. The molecule has 2 fully saturated rings. The molecule has 3 aromatic rings. The third kappa shape index (κ3) is 8.32. The molecule has 5 rings (SSSR count). The number of carbonyl (C=O) groups excluding carboxylic acids is 3. The summed E-state index contributed by atoms with van der Waals surface area (Å²) >= 11 is 1.30. The Kier molecular flexibility index (Phi) is 10.9. The molecule has 1 atom stereocenters. The van der Waals surface area contributed by atoms with Crippen molar-refractivity contribution in [3.8, 4) is 10.4 Å². The van der Waals surface area contributed by atoms with Crippen molar-refractivity contribution in [3.05, 3.63) is 77.2 Å². The van der Waals surface area contributed by atoms with E-state index in [1.807, 2.05) is 47.4 Å². The summed E-state index contributed by atoms with van der Waals surface area (Å²) in [5.41, 5.74) is 2.02. The second kappa shape index (κ2) is 15.1. The number of quaternary nitrogens is 1.